The Morgan fingerprint density at radius 2 is 1.80 bits per heavy atom. The van der Waals surface area contributed by atoms with E-state index in [-0.39, 0.29) is 30.1 Å². The molecule has 1 aromatic carbocycles. The fourth-order valence-corrected chi connectivity index (χ4v) is 5.55. The van der Waals surface area contributed by atoms with E-state index in [4.69, 9.17) is 9.47 Å². The molecule has 2 fully saturated rings. The monoisotopic (exact) mass is 482 g/mol. The van der Waals surface area contributed by atoms with Crippen LogP contribution in [0.2, 0.25) is 0 Å². The van der Waals surface area contributed by atoms with E-state index in [9.17, 15) is 9.59 Å². The van der Waals surface area contributed by atoms with Crippen molar-refractivity contribution in [1.29, 1.82) is 0 Å². The molecule has 3 atom stereocenters. The van der Waals surface area contributed by atoms with Gasteiger partial charge in [0, 0.05) is 49.9 Å². The zero-order valence-corrected chi connectivity index (χ0v) is 21.6. The third-order valence-corrected chi connectivity index (χ3v) is 7.21. The number of methoxy groups -OCH3 is 1. The molecule has 1 amide bonds. The number of ether oxygens (including phenoxy) is 2. The van der Waals surface area contributed by atoms with Gasteiger partial charge in [0.2, 0.25) is 0 Å². The van der Waals surface area contributed by atoms with Crippen molar-refractivity contribution >= 4 is 11.9 Å². The van der Waals surface area contributed by atoms with Crippen LogP contribution in [0.25, 0.3) is 5.69 Å². The molecule has 0 saturated carbocycles. The van der Waals surface area contributed by atoms with Crippen LogP contribution in [0, 0.1) is 13.8 Å². The highest BCUT2D eigenvalue weighted by Crippen LogP contribution is 2.24. The quantitative estimate of drug-likeness (QED) is 0.564. The van der Waals surface area contributed by atoms with Gasteiger partial charge in [-0.25, -0.2) is 4.68 Å². The Kier molecular flexibility index (Phi) is 7.91. The second kappa shape index (κ2) is 10.9. The second-order valence-electron chi connectivity index (χ2n) is 9.95. The van der Waals surface area contributed by atoms with Gasteiger partial charge in [-0.1, -0.05) is 0 Å². The Balaban J connectivity index is 1.44. The average molecular weight is 483 g/mol. The van der Waals surface area contributed by atoms with Crippen LogP contribution in [0.4, 0.5) is 0 Å². The van der Waals surface area contributed by atoms with Crippen molar-refractivity contribution in [3.05, 3.63) is 46.8 Å². The minimum atomic E-state index is -0.225. The maximum absolute atomic E-state index is 13.4. The number of benzene rings is 1. The van der Waals surface area contributed by atoms with Gasteiger partial charge in [-0.15, -0.1) is 0 Å². The fraction of sp³-hybridized carbons (Fsp3) is 0.593. The number of aryl methyl sites for hydroxylation is 1. The molecule has 35 heavy (non-hydrogen) atoms. The van der Waals surface area contributed by atoms with Gasteiger partial charge in [0.15, 0.2) is 0 Å². The molecule has 2 saturated heterocycles. The maximum Gasteiger partial charge on any atom is 0.305 e. The maximum atomic E-state index is 13.4. The van der Waals surface area contributed by atoms with Crippen molar-refractivity contribution in [2.75, 3.05) is 33.3 Å². The van der Waals surface area contributed by atoms with Gasteiger partial charge in [-0.3, -0.25) is 14.5 Å². The van der Waals surface area contributed by atoms with Crippen LogP contribution in [0.3, 0.4) is 0 Å². The number of hydrogen-bond donors (Lipinski definition) is 0. The molecule has 2 aliphatic heterocycles. The number of amides is 1. The highest BCUT2D eigenvalue weighted by Gasteiger charge is 2.33. The highest BCUT2D eigenvalue weighted by molar-refractivity contribution is 5.94. The summed E-state index contributed by atoms with van der Waals surface area (Å²) in [6.45, 7) is 11.7. The molecular weight excluding hydrogens is 444 g/mol. The largest absolute Gasteiger partial charge is 0.469 e. The molecule has 1 aromatic heterocycles. The highest BCUT2D eigenvalue weighted by atomic mass is 16.5. The van der Waals surface area contributed by atoms with E-state index in [0.29, 0.717) is 18.4 Å². The minimum absolute atomic E-state index is 0.0977. The Hall–Kier alpha value is -2.71. The standard InChI is InChI=1S/C27H38N4O4/c1-18-15-29(16-19(2)35-18)17-24-7-6-14-30(24)27(33)22-8-10-23(11-9-22)31-21(4)25(20(3)28-31)12-13-26(32)34-5/h8-11,18-19,24H,6-7,12-17H2,1-5H3. The van der Waals surface area contributed by atoms with Gasteiger partial charge >= 0.3 is 5.97 Å². The first-order chi connectivity index (χ1) is 16.8. The molecule has 4 rings (SSSR count). The van der Waals surface area contributed by atoms with Crippen LogP contribution in [0.1, 0.15) is 60.4 Å². The molecule has 8 heteroatoms. The number of aromatic nitrogens is 2. The van der Waals surface area contributed by atoms with Crippen molar-refractivity contribution in [1.82, 2.24) is 19.6 Å². The zero-order valence-electron chi connectivity index (χ0n) is 21.6. The lowest BCUT2D eigenvalue weighted by Crippen LogP contribution is -2.50. The van der Waals surface area contributed by atoms with Gasteiger partial charge in [-0.05, 0) is 76.8 Å². The van der Waals surface area contributed by atoms with E-state index < -0.39 is 0 Å². The molecule has 3 heterocycles. The Bertz CT molecular complexity index is 1040. The Labute approximate surface area is 208 Å². The molecular formula is C27H38N4O4. The molecule has 3 unspecified atom stereocenters. The summed E-state index contributed by atoms with van der Waals surface area (Å²) >= 11 is 0. The Morgan fingerprint density at radius 3 is 2.46 bits per heavy atom. The normalized spacial score (nSPS) is 23.0. The molecule has 0 aliphatic carbocycles. The van der Waals surface area contributed by atoms with Crippen molar-refractivity contribution in [2.45, 2.75) is 71.6 Å². The third kappa shape index (κ3) is 5.76. The number of rotatable bonds is 7. The van der Waals surface area contributed by atoms with E-state index in [2.05, 4.69) is 23.8 Å². The number of carbonyl (C=O) groups is 2. The molecule has 0 N–H and O–H groups in total. The van der Waals surface area contributed by atoms with E-state index in [1.807, 2.05) is 47.7 Å². The first-order valence-electron chi connectivity index (χ1n) is 12.7. The van der Waals surface area contributed by atoms with E-state index >= 15 is 0 Å². The summed E-state index contributed by atoms with van der Waals surface area (Å²) in [6.07, 6.45) is 3.47. The molecule has 2 aromatic rings. The molecule has 190 valence electrons. The lowest BCUT2D eigenvalue weighted by Gasteiger charge is -2.38. The smallest absolute Gasteiger partial charge is 0.305 e. The summed E-state index contributed by atoms with van der Waals surface area (Å²) < 4.78 is 12.5. The van der Waals surface area contributed by atoms with Crippen LogP contribution in [-0.4, -0.2) is 83.0 Å². The van der Waals surface area contributed by atoms with Gasteiger partial charge in [0.25, 0.3) is 5.91 Å². The van der Waals surface area contributed by atoms with Crippen LogP contribution in [0.5, 0.6) is 0 Å². The predicted octanol–water partition coefficient (Wildman–Crippen LogP) is 3.31. The van der Waals surface area contributed by atoms with Crippen molar-refractivity contribution in [3.8, 4) is 5.69 Å². The first kappa shape index (κ1) is 25.4. The van der Waals surface area contributed by atoms with Crippen LogP contribution in [-0.2, 0) is 20.7 Å². The van der Waals surface area contributed by atoms with Crippen molar-refractivity contribution in [3.63, 3.8) is 0 Å². The van der Waals surface area contributed by atoms with E-state index in [1.165, 1.54) is 7.11 Å². The zero-order chi connectivity index (χ0) is 25.1. The van der Waals surface area contributed by atoms with E-state index in [1.54, 1.807) is 0 Å². The number of hydrogen-bond acceptors (Lipinski definition) is 6. The number of carbonyl (C=O) groups excluding carboxylic acids is 2. The summed E-state index contributed by atoms with van der Waals surface area (Å²) in [5.74, 6) is -0.127. The second-order valence-corrected chi connectivity index (χ2v) is 9.95. The molecule has 2 aliphatic rings. The van der Waals surface area contributed by atoms with Gasteiger partial charge < -0.3 is 14.4 Å². The van der Waals surface area contributed by atoms with Crippen LogP contribution in [0.15, 0.2) is 24.3 Å². The summed E-state index contributed by atoms with van der Waals surface area (Å²) in [4.78, 5) is 29.5. The van der Waals surface area contributed by atoms with E-state index in [0.717, 1.165) is 61.7 Å². The fourth-order valence-electron chi connectivity index (χ4n) is 5.55. The van der Waals surface area contributed by atoms with Gasteiger partial charge in [0.1, 0.15) is 0 Å². The number of likely N-dealkylation sites (tertiary alicyclic amines) is 1. The molecule has 8 nitrogen and oxygen atoms in total. The van der Waals surface area contributed by atoms with Crippen LogP contribution >= 0.6 is 0 Å². The summed E-state index contributed by atoms with van der Waals surface area (Å²) in [6, 6.07) is 7.95. The van der Waals surface area contributed by atoms with Gasteiger partial charge in [-0.2, -0.15) is 5.10 Å². The first-order valence-corrected chi connectivity index (χ1v) is 12.7. The lowest BCUT2D eigenvalue weighted by atomic mass is 10.1. The van der Waals surface area contributed by atoms with Gasteiger partial charge in [0.05, 0.1) is 30.7 Å². The molecule has 0 bridgehead atoms. The van der Waals surface area contributed by atoms with Crippen molar-refractivity contribution in [2.24, 2.45) is 0 Å². The topological polar surface area (TPSA) is 76.9 Å². The number of nitrogens with zero attached hydrogens (tertiary/aromatic N) is 4. The average Bonchev–Trinajstić information content (AvgIpc) is 3.40. The SMILES string of the molecule is COC(=O)CCc1c(C)nn(-c2ccc(C(=O)N3CCCC3CN3CC(C)OC(C)C3)cc2)c1C. The van der Waals surface area contributed by atoms with Crippen molar-refractivity contribution < 1.29 is 19.1 Å². The summed E-state index contributed by atoms with van der Waals surface area (Å²) in [5, 5.41) is 4.68. The number of morpholine rings is 1. The summed E-state index contributed by atoms with van der Waals surface area (Å²) in [5.41, 5.74) is 4.57. The third-order valence-electron chi connectivity index (χ3n) is 7.21. The van der Waals surface area contributed by atoms with Crippen LogP contribution < -0.4 is 0 Å². The number of esters is 1. The minimum Gasteiger partial charge on any atom is -0.469 e. The predicted molar refractivity (Wildman–Crippen MR) is 134 cm³/mol. The Morgan fingerprint density at radius 1 is 1.11 bits per heavy atom. The molecule has 0 radical (unpaired) electrons. The molecule has 0 spiro atoms. The lowest BCUT2D eigenvalue weighted by molar-refractivity contribution is -0.140. The summed E-state index contributed by atoms with van der Waals surface area (Å²) in [7, 11) is 1.40.